The third-order valence-electron chi connectivity index (χ3n) is 2.44. The summed E-state index contributed by atoms with van der Waals surface area (Å²) in [6.45, 7) is 1.38. The van der Waals surface area contributed by atoms with E-state index in [0.29, 0.717) is 6.54 Å². The summed E-state index contributed by atoms with van der Waals surface area (Å²) in [5, 5.41) is 14.1. The molecular formula is C9H12ClNO2S. The van der Waals surface area contributed by atoms with E-state index in [4.69, 9.17) is 5.11 Å². The number of thiophene rings is 1. The first-order valence-electron chi connectivity index (χ1n) is 4.26. The summed E-state index contributed by atoms with van der Waals surface area (Å²) in [4.78, 5) is 12.0. The summed E-state index contributed by atoms with van der Waals surface area (Å²) in [6, 6.07) is 3.98. The van der Waals surface area contributed by atoms with Gasteiger partial charge in [0, 0.05) is 23.9 Å². The summed E-state index contributed by atoms with van der Waals surface area (Å²) < 4.78 is 0. The van der Waals surface area contributed by atoms with Crippen LogP contribution in [-0.4, -0.2) is 24.2 Å². The molecular weight excluding hydrogens is 222 g/mol. The van der Waals surface area contributed by atoms with E-state index in [0.717, 1.165) is 6.54 Å². The van der Waals surface area contributed by atoms with Crippen LogP contribution in [0.2, 0.25) is 0 Å². The van der Waals surface area contributed by atoms with Crippen molar-refractivity contribution in [3.63, 3.8) is 0 Å². The molecule has 0 unspecified atom stereocenters. The van der Waals surface area contributed by atoms with Crippen molar-refractivity contribution < 1.29 is 9.90 Å². The van der Waals surface area contributed by atoms with Crippen LogP contribution in [0, 0.1) is 5.92 Å². The van der Waals surface area contributed by atoms with E-state index in [1.54, 1.807) is 11.3 Å². The average Bonchev–Trinajstić information content (AvgIpc) is 2.74. The van der Waals surface area contributed by atoms with E-state index in [1.807, 2.05) is 17.5 Å². The molecule has 0 radical (unpaired) electrons. The SMILES string of the molecule is Cl.O=C(O)[C@@H]1CNC[C@H]1c1cccs1. The Hall–Kier alpha value is -0.580. The Morgan fingerprint density at radius 2 is 2.36 bits per heavy atom. The lowest BCUT2D eigenvalue weighted by Gasteiger charge is -2.11. The lowest BCUT2D eigenvalue weighted by atomic mass is 9.95. The third kappa shape index (κ3) is 2.08. The predicted octanol–water partition coefficient (Wildman–Crippen LogP) is 1.56. The van der Waals surface area contributed by atoms with Gasteiger partial charge in [-0.15, -0.1) is 23.7 Å². The number of nitrogens with one attached hydrogen (secondary N) is 1. The van der Waals surface area contributed by atoms with Crippen molar-refractivity contribution in [2.45, 2.75) is 5.92 Å². The van der Waals surface area contributed by atoms with Gasteiger partial charge in [0.25, 0.3) is 0 Å². The molecule has 14 heavy (non-hydrogen) atoms. The molecule has 78 valence electrons. The second-order valence-electron chi connectivity index (χ2n) is 3.22. The molecule has 5 heteroatoms. The van der Waals surface area contributed by atoms with Crippen LogP contribution in [0.3, 0.4) is 0 Å². The molecule has 2 rings (SSSR count). The zero-order chi connectivity index (χ0) is 9.26. The Morgan fingerprint density at radius 3 is 2.93 bits per heavy atom. The Morgan fingerprint density at radius 1 is 1.57 bits per heavy atom. The highest BCUT2D eigenvalue weighted by Crippen LogP contribution is 2.31. The highest BCUT2D eigenvalue weighted by atomic mass is 35.5. The van der Waals surface area contributed by atoms with Gasteiger partial charge >= 0.3 is 5.97 Å². The molecule has 2 N–H and O–H groups in total. The molecule has 0 bridgehead atoms. The molecule has 0 spiro atoms. The minimum atomic E-state index is -0.691. The molecule has 0 aromatic carbocycles. The van der Waals surface area contributed by atoms with Gasteiger partial charge in [0.05, 0.1) is 5.92 Å². The Balaban J connectivity index is 0.000000980. The maximum Gasteiger partial charge on any atom is 0.308 e. The number of halogens is 1. The van der Waals surface area contributed by atoms with Crippen molar-refractivity contribution in [2.24, 2.45) is 5.92 Å². The minimum absolute atomic E-state index is 0. The zero-order valence-corrected chi connectivity index (χ0v) is 9.11. The Bertz CT molecular complexity index is 302. The van der Waals surface area contributed by atoms with E-state index in [9.17, 15) is 4.79 Å². The molecule has 3 nitrogen and oxygen atoms in total. The van der Waals surface area contributed by atoms with Gasteiger partial charge in [-0.3, -0.25) is 4.79 Å². The minimum Gasteiger partial charge on any atom is -0.481 e. The van der Waals surface area contributed by atoms with Crippen molar-refractivity contribution in [3.05, 3.63) is 22.4 Å². The number of carboxylic acids is 1. The molecule has 0 amide bonds. The standard InChI is InChI=1S/C9H11NO2S.ClH/c11-9(12)7-5-10-4-6(7)8-2-1-3-13-8;/h1-3,6-7,10H,4-5H2,(H,11,12);1H/t6-,7-;/m1./s1. The number of hydrogen-bond acceptors (Lipinski definition) is 3. The fraction of sp³-hybridized carbons (Fsp3) is 0.444. The normalized spacial score (nSPS) is 25.7. The highest BCUT2D eigenvalue weighted by Gasteiger charge is 2.34. The lowest BCUT2D eigenvalue weighted by molar-refractivity contribution is -0.141. The van der Waals surface area contributed by atoms with Crippen LogP contribution in [0.15, 0.2) is 17.5 Å². The molecule has 1 aromatic rings. The molecule has 1 aliphatic rings. The van der Waals surface area contributed by atoms with Crippen LogP contribution in [-0.2, 0) is 4.79 Å². The lowest BCUT2D eigenvalue weighted by Crippen LogP contribution is -2.20. The number of carbonyl (C=O) groups is 1. The maximum atomic E-state index is 10.9. The molecule has 1 saturated heterocycles. The van der Waals surface area contributed by atoms with Gasteiger partial charge in [-0.1, -0.05) is 6.07 Å². The number of hydrogen-bond donors (Lipinski definition) is 2. The molecule has 1 aliphatic heterocycles. The van der Waals surface area contributed by atoms with Crippen molar-refractivity contribution in [1.29, 1.82) is 0 Å². The number of aliphatic carboxylic acids is 1. The van der Waals surface area contributed by atoms with Crippen LogP contribution in [0.4, 0.5) is 0 Å². The van der Waals surface area contributed by atoms with Gasteiger partial charge in [-0.2, -0.15) is 0 Å². The zero-order valence-electron chi connectivity index (χ0n) is 7.47. The van der Waals surface area contributed by atoms with Crippen LogP contribution in [0.25, 0.3) is 0 Å². The van der Waals surface area contributed by atoms with Crippen molar-refractivity contribution in [3.8, 4) is 0 Å². The van der Waals surface area contributed by atoms with E-state index < -0.39 is 5.97 Å². The quantitative estimate of drug-likeness (QED) is 0.815. The van der Waals surface area contributed by atoms with E-state index in [2.05, 4.69) is 5.32 Å². The van der Waals surface area contributed by atoms with Crippen LogP contribution < -0.4 is 5.32 Å². The van der Waals surface area contributed by atoms with Crippen LogP contribution >= 0.6 is 23.7 Å². The maximum absolute atomic E-state index is 10.9. The molecule has 1 aromatic heterocycles. The molecule has 1 fully saturated rings. The topological polar surface area (TPSA) is 49.3 Å². The summed E-state index contributed by atoms with van der Waals surface area (Å²) in [6.07, 6.45) is 0. The summed E-state index contributed by atoms with van der Waals surface area (Å²) in [7, 11) is 0. The van der Waals surface area contributed by atoms with Gasteiger partial charge < -0.3 is 10.4 Å². The Kier molecular flexibility index (Phi) is 3.92. The predicted molar refractivity (Wildman–Crippen MR) is 58.3 cm³/mol. The Labute approximate surface area is 92.5 Å². The van der Waals surface area contributed by atoms with Gasteiger partial charge in [0.15, 0.2) is 0 Å². The fourth-order valence-electron chi connectivity index (χ4n) is 1.74. The van der Waals surface area contributed by atoms with Crippen LogP contribution in [0.1, 0.15) is 10.8 Å². The number of carboxylic acid groups (broad SMARTS) is 1. The van der Waals surface area contributed by atoms with Gasteiger partial charge in [0.2, 0.25) is 0 Å². The first-order chi connectivity index (χ1) is 6.29. The average molecular weight is 234 g/mol. The van der Waals surface area contributed by atoms with Gasteiger partial charge in [-0.05, 0) is 11.4 Å². The highest BCUT2D eigenvalue weighted by molar-refractivity contribution is 7.10. The monoisotopic (exact) mass is 233 g/mol. The fourth-order valence-corrected chi connectivity index (χ4v) is 2.63. The van der Waals surface area contributed by atoms with Crippen molar-refractivity contribution >= 4 is 29.7 Å². The summed E-state index contributed by atoms with van der Waals surface area (Å²) >= 11 is 1.64. The van der Waals surface area contributed by atoms with Crippen molar-refractivity contribution in [1.82, 2.24) is 5.32 Å². The van der Waals surface area contributed by atoms with Crippen molar-refractivity contribution in [2.75, 3.05) is 13.1 Å². The first kappa shape index (κ1) is 11.5. The van der Waals surface area contributed by atoms with Gasteiger partial charge in [-0.25, -0.2) is 0 Å². The first-order valence-corrected chi connectivity index (χ1v) is 5.14. The third-order valence-corrected chi connectivity index (χ3v) is 3.44. The summed E-state index contributed by atoms with van der Waals surface area (Å²) in [5.41, 5.74) is 0. The second-order valence-corrected chi connectivity index (χ2v) is 4.20. The molecule has 0 aliphatic carbocycles. The molecule has 0 saturated carbocycles. The molecule has 2 atom stereocenters. The van der Waals surface area contributed by atoms with Crippen LogP contribution in [0.5, 0.6) is 0 Å². The summed E-state index contributed by atoms with van der Waals surface area (Å²) in [5.74, 6) is -0.778. The largest absolute Gasteiger partial charge is 0.481 e. The van der Waals surface area contributed by atoms with E-state index >= 15 is 0 Å². The van der Waals surface area contributed by atoms with E-state index in [-0.39, 0.29) is 24.2 Å². The smallest absolute Gasteiger partial charge is 0.308 e. The number of rotatable bonds is 2. The van der Waals surface area contributed by atoms with Gasteiger partial charge in [0.1, 0.15) is 0 Å². The molecule has 2 heterocycles. The van der Waals surface area contributed by atoms with E-state index in [1.165, 1.54) is 4.88 Å². The second kappa shape index (κ2) is 4.77.